The third kappa shape index (κ3) is 4.32. The molecule has 1 aliphatic rings. The number of thioether (sulfide) groups is 1. The largest absolute Gasteiger partial charge is 0.464 e. The van der Waals surface area contributed by atoms with E-state index in [1.807, 2.05) is 24.3 Å². The highest BCUT2D eigenvalue weighted by Gasteiger charge is 2.28. The molecular formula is C17H16N2O3S. The number of carbonyl (C=O) groups is 2. The molecule has 1 N–H and O–H groups in total. The molecule has 2 amide bonds. The van der Waals surface area contributed by atoms with Gasteiger partial charge in [0, 0.05) is 35.8 Å². The second kappa shape index (κ2) is 7.28. The van der Waals surface area contributed by atoms with Crippen LogP contribution in [0.25, 0.3) is 0 Å². The number of piperidine rings is 1. The monoisotopic (exact) mass is 328 g/mol. The van der Waals surface area contributed by atoms with E-state index in [0.29, 0.717) is 18.7 Å². The highest BCUT2D eigenvalue weighted by Crippen LogP contribution is 2.24. The summed E-state index contributed by atoms with van der Waals surface area (Å²) in [5, 5.41) is 2.26. The fraction of sp³-hybridized carbons (Fsp3) is 0.235. The average molecular weight is 328 g/mol. The van der Waals surface area contributed by atoms with Crippen molar-refractivity contribution < 1.29 is 14.3 Å². The minimum absolute atomic E-state index is 0.254. The van der Waals surface area contributed by atoms with Crippen molar-refractivity contribution in [3.8, 4) is 5.88 Å². The number of amides is 2. The molecule has 6 heteroatoms. The number of pyridine rings is 1. The van der Waals surface area contributed by atoms with Gasteiger partial charge in [0.05, 0.1) is 0 Å². The molecule has 1 aliphatic heterocycles. The van der Waals surface area contributed by atoms with Gasteiger partial charge in [0.25, 0.3) is 5.91 Å². The van der Waals surface area contributed by atoms with Crippen LogP contribution in [-0.4, -0.2) is 22.9 Å². The highest BCUT2D eigenvalue weighted by atomic mass is 32.2. The smallest absolute Gasteiger partial charge is 0.267 e. The number of benzene rings is 1. The average Bonchev–Trinajstić information content (AvgIpc) is 2.58. The zero-order chi connectivity index (χ0) is 16.1. The number of nitrogens with zero attached hydrogens (tertiary/aromatic N) is 1. The van der Waals surface area contributed by atoms with Gasteiger partial charge in [-0.05, 0) is 11.6 Å². The number of aromatic nitrogens is 1. The Balaban J connectivity index is 1.55. The van der Waals surface area contributed by atoms with Crippen molar-refractivity contribution in [2.24, 2.45) is 0 Å². The van der Waals surface area contributed by atoms with Crippen LogP contribution in [0.5, 0.6) is 5.88 Å². The molecule has 1 saturated heterocycles. The normalized spacial score (nSPS) is 17.7. The molecule has 1 atom stereocenters. The van der Waals surface area contributed by atoms with Crippen molar-refractivity contribution in [3.05, 3.63) is 54.2 Å². The van der Waals surface area contributed by atoms with E-state index in [9.17, 15) is 9.59 Å². The maximum absolute atomic E-state index is 11.6. The van der Waals surface area contributed by atoms with Crippen LogP contribution >= 0.6 is 11.8 Å². The number of carbonyl (C=O) groups excluding carboxylic acids is 2. The number of hydrogen-bond acceptors (Lipinski definition) is 5. The maximum atomic E-state index is 11.6. The number of nitrogens with one attached hydrogen (secondary N) is 1. The Bertz CT molecular complexity index is 689. The lowest BCUT2D eigenvalue weighted by atomic mass is 10.1. The minimum atomic E-state index is -0.650. The third-order valence-corrected chi connectivity index (χ3v) is 4.46. The Morgan fingerprint density at radius 1 is 1.17 bits per heavy atom. The summed E-state index contributed by atoms with van der Waals surface area (Å²) in [4.78, 5) is 28.0. The van der Waals surface area contributed by atoms with E-state index >= 15 is 0 Å². The van der Waals surface area contributed by atoms with Crippen LogP contribution < -0.4 is 10.1 Å². The van der Waals surface area contributed by atoms with E-state index in [-0.39, 0.29) is 5.91 Å². The van der Waals surface area contributed by atoms with Crippen molar-refractivity contribution in [2.75, 3.05) is 0 Å². The Labute approximate surface area is 138 Å². The summed E-state index contributed by atoms with van der Waals surface area (Å²) in [6.07, 6.45) is 1.76. The van der Waals surface area contributed by atoms with E-state index in [1.54, 1.807) is 24.0 Å². The molecule has 0 saturated carbocycles. The predicted octanol–water partition coefficient (Wildman–Crippen LogP) is 2.56. The molecule has 118 valence electrons. The van der Waals surface area contributed by atoms with Gasteiger partial charge in [-0.2, -0.15) is 0 Å². The van der Waals surface area contributed by atoms with Gasteiger partial charge in [-0.25, -0.2) is 4.98 Å². The Kier molecular flexibility index (Phi) is 4.92. The summed E-state index contributed by atoms with van der Waals surface area (Å²) in [6.45, 7) is 0. The van der Waals surface area contributed by atoms with Gasteiger partial charge >= 0.3 is 0 Å². The van der Waals surface area contributed by atoms with E-state index in [2.05, 4.69) is 22.4 Å². The highest BCUT2D eigenvalue weighted by molar-refractivity contribution is 7.98. The molecule has 3 rings (SSSR count). The molecule has 0 spiro atoms. The first kappa shape index (κ1) is 15.6. The fourth-order valence-electron chi connectivity index (χ4n) is 2.19. The van der Waals surface area contributed by atoms with Crippen LogP contribution in [0, 0.1) is 0 Å². The fourth-order valence-corrected chi connectivity index (χ4v) is 3.01. The van der Waals surface area contributed by atoms with Gasteiger partial charge in [0.1, 0.15) is 0 Å². The molecular weight excluding hydrogens is 312 g/mol. The second-order valence-electron chi connectivity index (χ2n) is 5.16. The first-order valence-electron chi connectivity index (χ1n) is 7.34. The van der Waals surface area contributed by atoms with Gasteiger partial charge in [-0.1, -0.05) is 30.3 Å². The van der Waals surface area contributed by atoms with Crippen molar-refractivity contribution in [1.29, 1.82) is 0 Å². The van der Waals surface area contributed by atoms with Crippen molar-refractivity contribution in [3.63, 3.8) is 0 Å². The number of ether oxygens (including phenoxy) is 1. The molecule has 1 unspecified atom stereocenters. The van der Waals surface area contributed by atoms with E-state index in [1.165, 1.54) is 5.56 Å². The quantitative estimate of drug-likeness (QED) is 0.675. The predicted molar refractivity (Wildman–Crippen MR) is 87.0 cm³/mol. The minimum Gasteiger partial charge on any atom is -0.464 e. The van der Waals surface area contributed by atoms with Crippen LogP contribution in [0.2, 0.25) is 0 Å². The SMILES string of the molecule is O=C1CCC(Oc2ccc(SCc3ccccc3)cn2)C(=O)N1. The van der Waals surface area contributed by atoms with Gasteiger partial charge in [-0.3, -0.25) is 14.9 Å². The summed E-state index contributed by atoms with van der Waals surface area (Å²) in [5.41, 5.74) is 1.25. The Hall–Kier alpha value is -2.34. The van der Waals surface area contributed by atoms with E-state index in [4.69, 9.17) is 4.74 Å². The van der Waals surface area contributed by atoms with Gasteiger partial charge in [0.2, 0.25) is 11.8 Å². The van der Waals surface area contributed by atoms with Gasteiger partial charge < -0.3 is 4.74 Å². The van der Waals surface area contributed by atoms with Crippen molar-refractivity contribution in [2.45, 2.75) is 29.6 Å². The number of imide groups is 1. The van der Waals surface area contributed by atoms with Crippen LogP contribution in [0.4, 0.5) is 0 Å². The van der Waals surface area contributed by atoms with Gasteiger partial charge in [0.15, 0.2) is 6.10 Å². The summed E-state index contributed by atoms with van der Waals surface area (Å²) in [7, 11) is 0. The maximum Gasteiger partial charge on any atom is 0.267 e. The standard InChI is InChI=1S/C17H16N2O3S/c20-15-8-7-14(17(21)19-15)22-16-9-6-13(10-18-16)23-11-12-4-2-1-3-5-12/h1-6,9-10,14H,7-8,11H2,(H,19,20,21). The first-order valence-corrected chi connectivity index (χ1v) is 8.32. The Morgan fingerprint density at radius 3 is 2.70 bits per heavy atom. The molecule has 0 aliphatic carbocycles. The topological polar surface area (TPSA) is 68.3 Å². The van der Waals surface area contributed by atoms with Crippen LogP contribution in [0.3, 0.4) is 0 Å². The van der Waals surface area contributed by atoms with E-state index in [0.717, 1.165) is 10.6 Å². The summed E-state index contributed by atoms with van der Waals surface area (Å²) in [6, 6.07) is 13.9. The Morgan fingerprint density at radius 2 is 2.00 bits per heavy atom. The molecule has 1 aromatic heterocycles. The molecule has 1 aromatic carbocycles. The van der Waals surface area contributed by atoms with Crippen LogP contribution in [-0.2, 0) is 15.3 Å². The lowest BCUT2D eigenvalue weighted by Crippen LogP contribution is -2.46. The first-order chi connectivity index (χ1) is 11.2. The van der Waals surface area contributed by atoms with E-state index < -0.39 is 12.0 Å². The number of hydrogen-bond donors (Lipinski definition) is 1. The zero-order valence-corrected chi connectivity index (χ0v) is 13.2. The third-order valence-electron chi connectivity index (χ3n) is 3.41. The van der Waals surface area contributed by atoms with Crippen molar-refractivity contribution in [1.82, 2.24) is 10.3 Å². The molecule has 5 nitrogen and oxygen atoms in total. The van der Waals surface area contributed by atoms with Crippen LogP contribution in [0.15, 0.2) is 53.6 Å². The summed E-state index contributed by atoms with van der Waals surface area (Å²) < 4.78 is 5.55. The van der Waals surface area contributed by atoms with Crippen LogP contribution in [0.1, 0.15) is 18.4 Å². The lowest BCUT2D eigenvalue weighted by molar-refractivity contribution is -0.139. The summed E-state index contributed by atoms with van der Waals surface area (Å²) >= 11 is 1.69. The molecule has 0 radical (unpaired) electrons. The van der Waals surface area contributed by atoms with Gasteiger partial charge in [-0.15, -0.1) is 11.8 Å². The lowest BCUT2D eigenvalue weighted by Gasteiger charge is -2.21. The molecule has 2 aromatic rings. The molecule has 0 bridgehead atoms. The molecule has 2 heterocycles. The zero-order valence-electron chi connectivity index (χ0n) is 12.4. The molecule has 1 fully saturated rings. The second-order valence-corrected chi connectivity index (χ2v) is 6.21. The van der Waals surface area contributed by atoms with Crippen molar-refractivity contribution >= 4 is 23.6 Å². The summed E-state index contributed by atoms with van der Waals surface area (Å²) in [5.74, 6) is 0.611. The number of rotatable bonds is 5. The molecule has 23 heavy (non-hydrogen) atoms.